The van der Waals surface area contributed by atoms with Crippen molar-refractivity contribution in [3.05, 3.63) is 51.4 Å². The van der Waals surface area contributed by atoms with Gasteiger partial charge in [-0.05, 0) is 37.1 Å². The highest BCUT2D eigenvalue weighted by molar-refractivity contribution is 5.85. The van der Waals surface area contributed by atoms with E-state index in [9.17, 15) is 14.7 Å². The number of nitrogens with zero attached hydrogens (tertiary/aromatic N) is 2. The van der Waals surface area contributed by atoms with Gasteiger partial charge in [-0.1, -0.05) is 6.07 Å². The van der Waals surface area contributed by atoms with Crippen LogP contribution in [0, 0.1) is 13.8 Å². The van der Waals surface area contributed by atoms with Crippen molar-refractivity contribution < 1.29 is 15.0 Å². The maximum absolute atomic E-state index is 11.4. The Hall–Kier alpha value is -2.63. The fraction of sp³-hybridized carbons (Fsp3) is 0.154. The molecule has 0 unspecified atom stereocenters. The molecule has 0 aliphatic carbocycles. The average molecular weight is 260 g/mol. The minimum Gasteiger partial charge on any atom is -0.503 e. The molecule has 6 nitrogen and oxygen atoms in total. The second-order valence-corrected chi connectivity index (χ2v) is 4.29. The van der Waals surface area contributed by atoms with Crippen molar-refractivity contribution in [3.8, 4) is 11.4 Å². The monoisotopic (exact) mass is 260 g/mol. The predicted molar refractivity (Wildman–Crippen MR) is 67.9 cm³/mol. The van der Waals surface area contributed by atoms with Gasteiger partial charge >= 0.3 is 5.97 Å². The van der Waals surface area contributed by atoms with Crippen LogP contribution in [0.2, 0.25) is 0 Å². The Balaban J connectivity index is 2.69. The molecule has 0 saturated heterocycles. The summed E-state index contributed by atoms with van der Waals surface area (Å²) in [6.07, 6.45) is 1.10. The van der Waals surface area contributed by atoms with Gasteiger partial charge in [0, 0.05) is 0 Å². The molecule has 19 heavy (non-hydrogen) atoms. The van der Waals surface area contributed by atoms with E-state index in [2.05, 4.69) is 5.10 Å². The minimum atomic E-state index is -1.47. The number of aryl methyl sites for hydroxylation is 2. The zero-order valence-corrected chi connectivity index (χ0v) is 10.4. The highest BCUT2D eigenvalue weighted by Crippen LogP contribution is 2.14. The molecular formula is C13H12N2O4. The molecule has 1 aromatic heterocycles. The lowest BCUT2D eigenvalue weighted by Gasteiger charge is -2.09. The fourth-order valence-electron chi connectivity index (χ4n) is 1.83. The van der Waals surface area contributed by atoms with E-state index in [0.717, 1.165) is 17.3 Å². The lowest BCUT2D eigenvalue weighted by atomic mass is 10.1. The second-order valence-electron chi connectivity index (χ2n) is 4.29. The molecule has 2 N–H and O–H groups in total. The highest BCUT2D eigenvalue weighted by atomic mass is 16.4. The SMILES string of the molecule is Cc1cc(C)cc(-n2cc(O)c(=O)c(C(=O)O)n2)c1. The molecular weight excluding hydrogens is 248 g/mol. The summed E-state index contributed by atoms with van der Waals surface area (Å²) in [6, 6.07) is 5.50. The van der Waals surface area contributed by atoms with Crippen LogP contribution in [0.3, 0.4) is 0 Å². The summed E-state index contributed by atoms with van der Waals surface area (Å²) in [6.45, 7) is 3.77. The molecule has 1 heterocycles. The predicted octanol–water partition coefficient (Wildman–Crippen LogP) is 1.25. The summed E-state index contributed by atoms with van der Waals surface area (Å²) in [5.74, 6) is -2.12. The lowest BCUT2D eigenvalue weighted by molar-refractivity contribution is 0.0686. The van der Waals surface area contributed by atoms with Crippen LogP contribution in [-0.4, -0.2) is 26.0 Å². The van der Waals surface area contributed by atoms with Crippen LogP contribution in [0.25, 0.3) is 5.69 Å². The Morgan fingerprint density at radius 2 is 1.79 bits per heavy atom. The summed E-state index contributed by atoms with van der Waals surface area (Å²) in [5.41, 5.74) is 0.807. The first-order valence-corrected chi connectivity index (χ1v) is 5.53. The molecule has 0 fully saturated rings. The second kappa shape index (κ2) is 4.56. The number of carbonyl (C=O) groups is 1. The summed E-state index contributed by atoms with van der Waals surface area (Å²) >= 11 is 0. The molecule has 6 heteroatoms. The van der Waals surface area contributed by atoms with Crippen molar-refractivity contribution in [2.75, 3.05) is 0 Å². The number of aromatic nitrogens is 2. The number of benzene rings is 1. The molecule has 98 valence electrons. The van der Waals surface area contributed by atoms with Crippen LogP contribution in [0.5, 0.6) is 5.75 Å². The molecule has 2 rings (SSSR count). The van der Waals surface area contributed by atoms with Gasteiger partial charge in [-0.2, -0.15) is 5.10 Å². The molecule has 0 amide bonds. The highest BCUT2D eigenvalue weighted by Gasteiger charge is 2.16. The van der Waals surface area contributed by atoms with Crippen LogP contribution in [-0.2, 0) is 0 Å². The molecule has 0 radical (unpaired) electrons. The minimum absolute atomic E-state index is 0.579. The normalized spacial score (nSPS) is 10.4. The average Bonchev–Trinajstić information content (AvgIpc) is 2.30. The lowest BCUT2D eigenvalue weighted by Crippen LogP contribution is -2.21. The summed E-state index contributed by atoms with van der Waals surface area (Å²) in [7, 11) is 0. The maximum atomic E-state index is 11.4. The Kier molecular flexibility index (Phi) is 3.08. The zero-order valence-electron chi connectivity index (χ0n) is 10.4. The summed E-state index contributed by atoms with van der Waals surface area (Å²) in [5, 5.41) is 22.1. The van der Waals surface area contributed by atoms with Gasteiger partial charge in [-0.15, -0.1) is 0 Å². The van der Waals surface area contributed by atoms with Gasteiger partial charge < -0.3 is 10.2 Å². The largest absolute Gasteiger partial charge is 0.503 e. The number of aromatic carboxylic acids is 1. The van der Waals surface area contributed by atoms with Gasteiger partial charge in [0.1, 0.15) is 0 Å². The van der Waals surface area contributed by atoms with Gasteiger partial charge in [-0.25, -0.2) is 9.48 Å². The Morgan fingerprint density at radius 3 is 2.32 bits per heavy atom. The van der Waals surface area contributed by atoms with Gasteiger partial charge in [0.25, 0.3) is 5.43 Å². The van der Waals surface area contributed by atoms with E-state index in [1.54, 1.807) is 12.1 Å². The summed E-state index contributed by atoms with van der Waals surface area (Å²) in [4.78, 5) is 22.3. The van der Waals surface area contributed by atoms with E-state index in [1.807, 2.05) is 19.9 Å². The van der Waals surface area contributed by atoms with E-state index < -0.39 is 22.8 Å². The van der Waals surface area contributed by atoms with Crippen molar-refractivity contribution in [2.45, 2.75) is 13.8 Å². The van der Waals surface area contributed by atoms with Gasteiger partial charge in [0.05, 0.1) is 11.9 Å². The van der Waals surface area contributed by atoms with Crippen molar-refractivity contribution in [1.29, 1.82) is 0 Å². The topological polar surface area (TPSA) is 92.4 Å². The smallest absolute Gasteiger partial charge is 0.360 e. The number of hydrogen-bond acceptors (Lipinski definition) is 4. The third kappa shape index (κ3) is 2.47. The molecule has 0 aliphatic heterocycles. The van der Waals surface area contributed by atoms with Crippen LogP contribution in [0.4, 0.5) is 0 Å². The van der Waals surface area contributed by atoms with Crippen LogP contribution in [0.15, 0.2) is 29.2 Å². The van der Waals surface area contributed by atoms with Crippen LogP contribution in [0.1, 0.15) is 21.6 Å². The molecule has 2 aromatic rings. The Labute approximate surface area is 108 Å². The quantitative estimate of drug-likeness (QED) is 0.847. The van der Waals surface area contributed by atoms with E-state index in [4.69, 9.17) is 5.11 Å². The van der Waals surface area contributed by atoms with Gasteiger partial charge in [0.2, 0.25) is 5.69 Å². The summed E-state index contributed by atoms with van der Waals surface area (Å²) < 4.78 is 1.18. The van der Waals surface area contributed by atoms with Crippen molar-refractivity contribution in [3.63, 3.8) is 0 Å². The van der Waals surface area contributed by atoms with Crippen molar-refractivity contribution in [1.82, 2.24) is 9.78 Å². The zero-order chi connectivity index (χ0) is 14.2. The molecule has 0 saturated carbocycles. The molecule has 0 spiro atoms. The molecule has 1 aromatic carbocycles. The third-order valence-electron chi connectivity index (χ3n) is 2.57. The number of aromatic hydroxyl groups is 1. The first kappa shape index (κ1) is 12.8. The molecule has 0 atom stereocenters. The van der Waals surface area contributed by atoms with Crippen LogP contribution >= 0.6 is 0 Å². The first-order chi connectivity index (χ1) is 8.88. The van der Waals surface area contributed by atoms with Crippen LogP contribution < -0.4 is 5.43 Å². The number of rotatable bonds is 2. The molecule has 0 bridgehead atoms. The Morgan fingerprint density at radius 1 is 1.21 bits per heavy atom. The standard InChI is InChI=1S/C13H12N2O4/c1-7-3-8(2)5-9(4-7)15-6-10(16)12(17)11(14-15)13(18)19/h3-6,16H,1-2H3,(H,18,19). The van der Waals surface area contributed by atoms with Crippen molar-refractivity contribution in [2.24, 2.45) is 0 Å². The molecule has 0 aliphatic rings. The van der Waals surface area contributed by atoms with Gasteiger partial charge in [-0.3, -0.25) is 4.79 Å². The fourth-order valence-corrected chi connectivity index (χ4v) is 1.83. The Bertz CT molecular complexity index is 699. The van der Waals surface area contributed by atoms with E-state index >= 15 is 0 Å². The van der Waals surface area contributed by atoms with Gasteiger partial charge in [0.15, 0.2) is 5.75 Å². The number of carboxylic acids is 1. The van der Waals surface area contributed by atoms with Crippen molar-refractivity contribution >= 4 is 5.97 Å². The third-order valence-corrected chi connectivity index (χ3v) is 2.57. The van der Waals surface area contributed by atoms with E-state index in [1.165, 1.54) is 4.68 Å². The number of hydrogen-bond donors (Lipinski definition) is 2. The maximum Gasteiger partial charge on any atom is 0.360 e. The van der Waals surface area contributed by atoms with E-state index in [-0.39, 0.29) is 0 Å². The first-order valence-electron chi connectivity index (χ1n) is 5.53. The number of carboxylic acid groups (broad SMARTS) is 1. The van der Waals surface area contributed by atoms with E-state index in [0.29, 0.717) is 5.69 Å².